The number of nitro groups is 1. The van der Waals surface area contributed by atoms with E-state index in [0.717, 1.165) is 12.5 Å². The molecule has 0 radical (unpaired) electrons. The fourth-order valence-corrected chi connectivity index (χ4v) is 1.87. The van der Waals surface area contributed by atoms with Crippen molar-refractivity contribution in [3.05, 3.63) is 38.9 Å². The lowest BCUT2D eigenvalue weighted by molar-refractivity contribution is -0.384. The zero-order valence-electron chi connectivity index (χ0n) is 12.6. The molecule has 0 spiro atoms. The lowest BCUT2D eigenvalue weighted by Crippen LogP contribution is -2.47. The molecule has 2 unspecified atom stereocenters. The topological polar surface area (TPSA) is 101 Å². The van der Waals surface area contributed by atoms with Gasteiger partial charge in [0, 0.05) is 18.2 Å². The Morgan fingerprint density at radius 2 is 1.95 bits per heavy atom. The second kappa shape index (κ2) is 7.74. The highest BCUT2D eigenvalue weighted by atomic mass is 35.5. The normalized spacial score (nSPS) is 13.1. The highest BCUT2D eigenvalue weighted by Crippen LogP contribution is 2.22. The van der Waals surface area contributed by atoms with E-state index in [4.69, 9.17) is 11.6 Å². The molecule has 0 aliphatic rings. The Balaban J connectivity index is 2.76. The van der Waals surface area contributed by atoms with E-state index in [0.29, 0.717) is 0 Å². The molecule has 0 fully saturated rings. The van der Waals surface area contributed by atoms with E-state index in [2.05, 4.69) is 10.6 Å². The van der Waals surface area contributed by atoms with Crippen LogP contribution in [0.4, 0.5) is 5.69 Å². The van der Waals surface area contributed by atoms with Gasteiger partial charge in [-0.3, -0.25) is 19.7 Å². The van der Waals surface area contributed by atoms with E-state index in [1.807, 2.05) is 13.8 Å². The second-order valence-electron chi connectivity index (χ2n) is 4.93. The van der Waals surface area contributed by atoms with Crippen LogP contribution in [-0.2, 0) is 4.79 Å². The van der Waals surface area contributed by atoms with E-state index in [1.165, 1.54) is 12.1 Å². The van der Waals surface area contributed by atoms with Crippen LogP contribution in [0.25, 0.3) is 0 Å². The maximum Gasteiger partial charge on any atom is 0.270 e. The molecule has 0 aliphatic carbocycles. The van der Waals surface area contributed by atoms with Gasteiger partial charge in [-0.25, -0.2) is 0 Å². The average molecular weight is 328 g/mol. The number of carbonyl (C=O) groups excluding carboxylic acids is 2. The van der Waals surface area contributed by atoms with Gasteiger partial charge in [-0.1, -0.05) is 18.5 Å². The summed E-state index contributed by atoms with van der Waals surface area (Å²) in [5, 5.41) is 15.8. The van der Waals surface area contributed by atoms with Crippen LogP contribution in [0.2, 0.25) is 5.02 Å². The van der Waals surface area contributed by atoms with Crippen LogP contribution in [0.15, 0.2) is 18.2 Å². The third-order valence-corrected chi connectivity index (χ3v) is 3.46. The van der Waals surface area contributed by atoms with Gasteiger partial charge in [0.25, 0.3) is 11.6 Å². The molecule has 0 saturated carbocycles. The van der Waals surface area contributed by atoms with Crippen LogP contribution in [0.5, 0.6) is 0 Å². The van der Waals surface area contributed by atoms with Crippen LogP contribution in [0.3, 0.4) is 0 Å². The molecule has 8 heteroatoms. The predicted molar refractivity (Wildman–Crippen MR) is 82.9 cm³/mol. The van der Waals surface area contributed by atoms with Gasteiger partial charge >= 0.3 is 0 Å². The maximum absolute atomic E-state index is 12.1. The Morgan fingerprint density at radius 1 is 1.32 bits per heavy atom. The van der Waals surface area contributed by atoms with Gasteiger partial charge in [-0.05, 0) is 26.3 Å². The molecule has 0 heterocycles. The van der Waals surface area contributed by atoms with Gasteiger partial charge in [0.15, 0.2) is 0 Å². The molecule has 22 heavy (non-hydrogen) atoms. The van der Waals surface area contributed by atoms with Crippen molar-refractivity contribution in [2.75, 3.05) is 0 Å². The van der Waals surface area contributed by atoms with Crippen molar-refractivity contribution in [1.82, 2.24) is 10.6 Å². The molecule has 2 N–H and O–H groups in total. The van der Waals surface area contributed by atoms with E-state index in [9.17, 15) is 19.7 Å². The highest BCUT2D eigenvalue weighted by molar-refractivity contribution is 6.34. The summed E-state index contributed by atoms with van der Waals surface area (Å²) in [6.45, 7) is 5.35. The van der Waals surface area contributed by atoms with E-state index in [-0.39, 0.29) is 28.2 Å². The molecule has 0 saturated heterocycles. The third-order valence-electron chi connectivity index (χ3n) is 3.15. The molecule has 1 aromatic carbocycles. The number of halogens is 1. The van der Waals surface area contributed by atoms with Gasteiger partial charge in [-0.15, -0.1) is 0 Å². The lowest BCUT2D eigenvalue weighted by atomic mass is 10.1. The number of hydrogen-bond acceptors (Lipinski definition) is 4. The van der Waals surface area contributed by atoms with Gasteiger partial charge in [0.2, 0.25) is 5.91 Å². The number of benzene rings is 1. The third kappa shape index (κ3) is 4.70. The van der Waals surface area contributed by atoms with Gasteiger partial charge in [0.1, 0.15) is 6.04 Å². The van der Waals surface area contributed by atoms with Crippen molar-refractivity contribution < 1.29 is 14.5 Å². The van der Waals surface area contributed by atoms with Crippen molar-refractivity contribution in [2.24, 2.45) is 0 Å². The summed E-state index contributed by atoms with van der Waals surface area (Å²) in [6, 6.07) is 2.81. The van der Waals surface area contributed by atoms with Crippen LogP contribution in [0.1, 0.15) is 37.6 Å². The molecule has 0 bridgehead atoms. The monoisotopic (exact) mass is 327 g/mol. The number of carbonyl (C=O) groups is 2. The van der Waals surface area contributed by atoms with Crippen LogP contribution < -0.4 is 10.6 Å². The summed E-state index contributed by atoms with van der Waals surface area (Å²) in [6.07, 6.45) is 0.778. The van der Waals surface area contributed by atoms with Gasteiger partial charge in [-0.2, -0.15) is 0 Å². The van der Waals surface area contributed by atoms with E-state index >= 15 is 0 Å². The zero-order chi connectivity index (χ0) is 16.9. The number of rotatable bonds is 6. The molecule has 7 nitrogen and oxygen atoms in total. The van der Waals surface area contributed by atoms with Gasteiger partial charge < -0.3 is 10.6 Å². The minimum Gasteiger partial charge on any atom is -0.352 e. The number of amides is 2. The summed E-state index contributed by atoms with van der Waals surface area (Å²) in [5.74, 6) is -0.868. The Bertz CT molecular complexity index is 591. The summed E-state index contributed by atoms with van der Waals surface area (Å²) >= 11 is 5.87. The largest absolute Gasteiger partial charge is 0.352 e. The highest BCUT2D eigenvalue weighted by Gasteiger charge is 2.20. The molecule has 0 aromatic heterocycles. The number of nitrogens with zero attached hydrogens (tertiary/aromatic N) is 1. The molecular weight excluding hydrogens is 310 g/mol. The standard InChI is InChI=1S/C14H18ClN3O4/c1-4-8(2)16-13(19)9(3)17-14(20)11-6-5-10(18(21)22)7-12(11)15/h5-9H,4H2,1-3H3,(H,16,19)(H,17,20). The van der Waals surface area contributed by atoms with E-state index in [1.54, 1.807) is 6.92 Å². The Labute approximate surface area is 133 Å². The summed E-state index contributed by atoms with van der Waals surface area (Å²) in [7, 11) is 0. The SMILES string of the molecule is CCC(C)NC(=O)C(C)NC(=O)c1ccc([N+](=O)[O-])cc1Cl. The Kier molecular flexibility index (Phi) is 6.30. The zero-order valence-corrected chi connectivity index (χ0v) is 13.3. The fraction of sp³-hybridized carbons (Fsp3) is 0.429. The molecule has 2 atom stereocenters. The molecular formula is C14H18ClN3O4. The first kappa shape index (κ1) is 17.9. The quantitative estimate of drug-likeness (QED) is 0.618. The molecule has 1 aromatic rings. The number of hydrogen-bond donors (Lipinski definition) is 2. The van der Waals surface area contributed by atoms with Crippen molar-refractivity contribution in [3.8, 4) is 0 Å². The summed E-state index contributed by atoms with van der Waals surface area (Å²) in [5.41, 5.74) is -0.125. The number of non-ortho nitro benzene ring substituents is 1. The minimum atomic E-state index is -0.743. The predicted octanol–water partition coefficient (Wildman–Crippen LogP) is 2.28. The smallest absolute Gasteiger partial charge is 0.270 e. The first-order chi connectivity index (χ1) is 10.3. The molecule has 0 aliphatic heterocycles. The van der Waals surface area contributed by atoms with Crippen LogP contribution >= 0.6 is 11.6 Å². The van der Waals surface area contributed by atoms with Gasteiger partial charge in [0.05, 0.1) is 15.5 Å². The molecule has 1 rings (SSSR count). The number of nitro benzene ring substituents is 1. The molecule has 2 amide bonds. The van der Waals surface area contributed by atoms with Crippen molar-refractivity contribution in [2.45, 2.75) is 39.3 Å². The number of nitrogens with one attached hydrogen (secondary N) is 2. The minimum absolute atomic E-state index is 0.00909. The average Bonchev–Trinajstić information content (AvgIpc) is 2.46. The lowest BCUT2D eigenvalue weighted by Gasteiger charge is -2.17. The Morgan fingerprint density at radius 3 is 2.45 bits per heavy atom. The first-order valence-electron chi connectivity index (χ1n) is 6.81. The fourth-order valence-electron chi connectivity index (χ4n) is 1.61. The summed E-state index contributed by atoms with van der Waals surface area (Å²) in [4.78, 5) is 34.0. The first-order valence-corrected chi connectivity index (χ1v) is 7.19. The van der Waals surface area contributed by atoms with Crippen LogP contribution in [0, 0.1) is 10.1 Å². The second-order valence-corrected chi connectivity index (χ2v) is 5.34. The van der Waals surface area contributed by atoms with Crippen LogP contribution in [-0.4, -0.2) is 28.8 Å². The van der Waals surface area contributed by atoms with E-state index < -0.39 is 16.9 Å². The Hall–Kier alpha value is -2.15. The maximum atomic E-state index is 12.1. The van der Waals surface area contributed by atoms with Crippen molar-refractivity contribution in [3.63, 3.8) is 0 Å². The summed E-state index contributed by atoms with van der Waals surface area (Å²) < 4.78 is 0. The molecule has 120 valence electrons. The van der Waals surface area contributed by atoms with Crippen molar-refractivity contribution >= 4 is 29.1 Å². The van der Waals surface area contributed by atoms with Crippen molar-refractivity contribution in [1.29, 1.82) is 0 Å².